The van der Waals surface area contributed by atoms with Crippen molar-refractivity contribution in [3.05, 3.63) is 95.6 Å². The molecule has 7 atom stereocenters. The molecule has 19 heteroatoms. The molecule has 1 aliphatic rings. The van der Waals surface area contributed by atoms with Crippen LogP contribution in [0.4, 0.5) is 4.79 Å². The van der Waals surface area contributed by atoms with Crippen LogP contribution in [0.15, 0.2) is 78.9 Å². The highest BCUT2D eigenvalue weighted by Crippen LogP contribution is 2.44. The second-order valence-electron chi connectivity index (χ2n) is 26.4. The first kappa shape index (κ1) is 74.2. The van der Waals surface area contributed by atoms with Gasteiger partial charge < -0.3 is 50.8 Å². The molecule has 1 unspecified atom stereocenters. The van der Waals surface area contributed by atoms with Crippen LogP contribution in [0, 0.1) is 23.7 Å². The average Bonchev–Trinajstić information content (AvgIpc) is 1.68. The molecule has 4 rings (SSSR count). The van der Waals surface area contributed by atoms with Gasteiger partial charge in [0.1, 0.15) is 61.2 Å². The molecule has 19 nitrogen and oxygen atoms in total. The van der Waals surface area contributed by atoms with Gasteiger partial charge in [0.15, 0.2) is 0 Å². The Hall–Kier alpha value is -7.31. The highest BCUT2D eigenvalue weighted by atomic mass is 16.6. The number of carbonyl (C=O) groups is 9. The predicted octanol–water partition coefficient (Wildman–Crippen LogP) is 10.8. The molecule has 0 saturated carbocycles. The van der Waals surface area contributed by atoms with E-state index < -0.39 is 114 Å². The van der Waals surface area contributed by atoms with E-state index in [1.54, 1.807) is 34.6 Å². The van der Waals surface area contributed by atoms with Crippen LogP contribution in [0.3, 0.4) is 0 Å². The molecule has 492 valence electrons. The van der Waals surface area contributed by atoms with Crippen molar-refractivity contribution < 1.29 is 62.1 Å². The molecule has 3 aromatic rings. The molecular weight excluding hydrogens is 1130 g/mol. The van der Waals surface area contributed by atoms with E-state index in [1.165, 1.54) is 32.6 Å². The summed E-state index contributed by atoms with van der Waals surface area (Å²) in [5, 5.41) is 16.3. The number of ether oxygens (including phenoxy) is 4. The molecule has 0 radical (unpaired) electrons. The molecular formula is C70H104N6O13. The Morgan fingerprint density at radius 1 is 0.483 bits per heavy atom. The number of benzene rings is 3. The highest BCUT2D eigenvalue weighted by Gasteiger charge is 2.37. The minimum absolute atomic E-state index is 0.0255. The van der Waals surface area contributed by atoms with Crippen LogP contribution in [0.1, 0.15) is 209 Å². The fourth-order valence-corrected chi connectivity index (χ4v) is 10.8. The molecule has 1 aliphatic carbocycles. The lowest BCUT2D eigenvalue weighted by molar-refractivity contribution is -0.159. The van der Waals surface area contributed by atoms with Gasteiger partial charge in [-0.2, -0.15) is 0 Å². The molecule has 0 aliphatic heterocycles. The molecule has 0 aromatic heterocycles. The van der Waals surface area contributed by atoms with E-state index in [9.17, 15) is 43.2 Å². The molecule has 0 heterocycles. The number of carbonyl (C=O) groups excluding carboxylic acids is 9. The normalized spacial score (nSPS) is 14.4. The van der Waals surface area contributed by atoms with Crippen molar-refractivity contribution in [1.82, 2.24) is 31.9 Å². The summed E-state index contributed by atoms with van der Waals surface area (Å²) < 4.78 is 22.8. The average molecular weight is 1240 g/mol. The highest BCUT2D eigenvalue weighted by molar-refractivity contribution is 5.98. The number of fused-ring (bicyclic) bond motifs is 3. The van der Waals surface area contributed by atoms with Gasteiger partial charge in [0.05, 0.1) is 12.8 Å². The monoisotopic (exact) mass is 1240 g/mol. The predicted molar refractivity (Wildman–Crippen MR) is 344 cm³/mol. The van der Waals surface area contributed by atoms with Crippen LogP contribution < -0.4 is 31.9 Å². The summed E-state index contributed by atoms with van der Waals surface area (Å²) >= 11 is 0. The summed E-state index contributed by atoms with van der Waals surface area (Å²) in [5.41, 5.74) is 4.01. The van der Waals surface area contributed by atoms with Crippen molar-refractivity contribution in [3.63, 3.8) is 0 Å². The molecule has 6 amide bonds. The van der Waals surface area contributed by atoms with E-state index in [-0.39, 0.29) is 62.6 Å². The smallest absolute Gasteiger partial charge is 0.407 e. The van der Waals surface area contributed by atoms with Crippen LogP contribution in [-0.2, 0) is 63.9 Å². The van der Waals surface area contributed by atoms with Crippen molar-refractivity contribution in [2.24, 2.45) is 23.7 Å². The van der Waals surface area contributed by atoms with Gasteiger partial charge in [-0.15, -0.1) is 0 Å². The van der Waals surface area contributed by atoms with Crippen LogP contribution >= 0.6 is 0 Å². The van der Waals surface area contributed by atoms with Crippen molar-refractivity contribution in [3.8, 4) is 11.1 Å². The molecule has 3 aromatic carbocycles. The van der Waals surface area contributed by atoms with Gasteiger partial charge >= 0.3 is 24.0 Å². The van der Waals surface area contributed by atoms with Gasteiger partial charge in [-0.25, -0.2) is 9.59 Å². The van der Waals surface area contributed by atoms with Crippen LogP contribution in [0.2, 0.25) is 0 Å². The lowest BCUT2D eigenvalue weighted by Gasteiger charge is -2.30. The van der Waals surface area contributed by atoms with E-state index in [0.717, 1.165) is 53.5 Å². The van der Waals surface area contributed by atoms with Crippen LogP contribution in [-0.4, -0.2) is 108 Å². The van der Waals surface area contributed by atoms with Crippen molar-refractivity contribution in [1.29, 1.82) is 0 Å². The third kappa shape index (κ3) is 26.7. The topological polar surface area (TPSA) is 263 Å². The number of nitrogens with one attached hydrogen (secondary N) is 6. The van der Waals surface area contributed by atoms with Gasteiger partial charge in [0.25, 0.3) is 0 Å². The largest absolute Gasteiger partial charge is 0.461 e. The van der Waals surface area contributed by atoms with Crippen molar-refractivity contribution in [2.45, 2.75) is 247 Å². The third-order valence-electron chi connectivity index (χ3n) is 15.3. The van der Waals surface area contributed by atoms with Crippen molar-refractivity contribution in [2.75, 3.05) is 6.61 Å². The molecule has 0 saturated heterocycles. The third-order valence-corrected chi connectivity index (χ3v) is 15.3. The minimum atomic E-state index is -1.63. The Bertz CT molecular complexity index is 2710. The molecule has 0 spiro atoms. The number of rotatable bonds is 38. The maximum absolute atomic E-state index is 14.5. The number of alkyl carbamates (subject to hydrolysis) is 1. The summed E-state index contributed by atoms with van der Waals surface area (Å²) in [4.78, 5) is 126. The first-order chi connectivity index (χ1) is 42.1. The Morgan fingerprint density at radius 3 is 1.46 bits per heavy atom. The lowest BCUT2D eigenvalue weighted by atomic mass is 9.98. The maximum Gasteiger partial charge on any atom is 0.407 e. The minimum Gasteiger partial charge on any atom is -0.461 e. The van der Waals surface area contributed by atoms with Crippen LogP contribution in [0.25, 0.3) is 11.1 Å². The van der Waals surface area contributed by atoms with Gasteiger partial charge in [-0.1, -0.05) is 193 Å². The summed E-state index contributed by atoms with van der Waals surface area (Å²) in [6.07, 6.45) is 8.01. The number of esters is 3. The zero-order valence-electron chi connectivity index (χ0n) is 55.3. The quantitative estimate of drug-likeness (QED) is 0.0177. The summed E-state index contributed by atoms with van der Waals surface area (Å²) in [7, 11) is 0. The number of amides is 6. The van der Waals surface area contributed by atoms with Gasteiger partial charge in [-0.3, -0.25) is 33.6 Å². The van der Waals surface area contributed by atoms with Crippen LogP contribution in [0.5, 0.6) is 0 Å². The number of hydrogen-bond donors (Lipinski definition) is 6. The molecule has 0 bridgehead atoms. The molecule has 6 N–H and O–H groups in total. The summed E-state index contributed by atoms with van der Waals surface area (Å²) in [5.74, 6) is -7.22. The maximum atomic E-state index is 14.5. The zero-order chi connectivity index (χ0) is 65.8. The summed E-state index contributed by atoms with van der Waals surface area (Å²) in [6, 6.07) is 17.4. The van der Waals surface area contributed by atoms with E-state index in [2.05, 4.69) is 38.8 Å². The van der Waals surface area contributed by atoms with E-state index in [0.29, 0.717) is 12.8 Å². The van der Waals surface area contributed by atoms with Gasteiger partial charge in [0, 0.05) is 5.92 Å². The second-order valence-corrected chi connectivity index (χ2v) is 26.4. The van der Waals surface area contributed by atoms with Gasteiger partial charge in [0.2, 0.25) is 29.5 Å². The van der Waals surface area contributed by atoms with Gasteiger partial charge in [-0.05, 0) is 111 Å². The lowest BCUT2D eigenvalue weighted by Crippen LogP contribution is -2.61. The Morgan fingerprint density at radius 2 is 0.944 bits per heavy atom. The Labute approximate surface area is 529 Å². The summed E-state index contributed by atoms with van der Waals surface area (Å²) in [6.45, 7) is 23.2. The number of hydrogen-bond acceptors (Lipinski definition) is 13. The number of unbranched alkanes of at least 4 members (excludes halogenated alkanes) is 8. The van der Waals surface area contributed by atoms with Crippen molar-refractivity contribution >= 4 is 53.5 Å². The fourth-order valence-electron chi connectivity index (χ4n) is 10.8. The second kappa shape index (κ2) is 37.6. The fraction of sp³-hybridized carbons (Fsp3) is 0.614. The SMILES string of the molecule is CCCCCCCCCCCC(CC(=O)OCc1ccccc1)OC(=O)[C@H](C)NC(=O)[C@@H](CC(C)C)NC(=O)[C@H](CC(=O)OC(C)(C)C)NC(=O)[C@@H](NC(=O)[C@@H](CC(C)C)NC(=O)[C@H](CC(C)C)NC(=O)OCC1c2ccccc2-c2ccccc21)C(C)C. The zero-order valence-corrected chi connectivity index (χ0v) is 55.3. The molecule has 0 fully saturated rings. The van der Waals surface area contributed by atoms with E-state index >= 15 is 0 Å². The first-order valence-corrected chi connectivity index (χ1v) is 32.4. The molecule has 89 heavy (non-hydrogen) atoms. The Kier molecular flexibility index (Phi) is 31.4. The van der Waals surface area contributed by atoms with E-state index in [4.69, 9.17) is 18.9 Å². The first-order valence-electron chi connectivity index (χ1n) is 32.4. The Balaban J connectivity index is 1.46. The van der Waals surface area contributed by atoms with E-state index in [1.807, 2.05) is 120 Å². The standard InChI is InChI=1S/C70H104N6O13/c1-14-15-16-17-18-19-20-21-25-32-50(40-60(77)86-42-49-30-23-22-24-31-49)88-68(84)48(10)71-63(79)56(37-44(2)3)72-65(81)59(41-61(78)89-70(11,12)13)74-67(83)62(47(8)9)76-66(82)57(38-45(4)5)73-64(80)58(39-46(6)7)75-69(85)87-43-55-53-35-28-26-33-51(53)52-34-27-29-36-54(52)55/h22-24,26-31,33-36,44-48,50,55-59,62H,14-21,25,32,37-43H2,1-13H3,(H,71,79)(H,72,81)(H,73,80)(H,74,83)(H,75,85)(H,76,82)/t48-,50?,56+,57+,58-,59-,62-/m0/s1.